The molecule has 3 saturated heterocycles. The van der Waals surface area contributed by atoms with E-state index in [1.807, 2.05) is 13.0 Å². The number of anilines is 3. The predicted molar refractivity (Wildman–Crippen MR) is 269 cm³/mol. The van der Waals surface area contributed by atoms with Crippen LogP contribution in [0.25, 0.3) is 0 Å². The minimum atomic E-state index is -0.310. The standard InChI is InChI=1S/C19H32N3O3.C17H27N2O4.C14H21N2O4.CH4.3W/c1-6-10-20-16-9-8-14(19(22-16)21-11-7-2)17-13(3)18(24-5)15(25-17)12-23-4;1-6-9-18-14-8-7-12(17(20)19(14)3)15-11(2)16(22-5)13(23-15)10-21-4;1-8-12(20-10(7-18-3)13(8)19-4)9-5-6-11(17)16-14(9)15-2;;;;/h8,13,15,17-18H,6-7,10-12H2,1-5H3,(H2,20,21,22);7,11,13,15-16,18H,6,9-10H2,1-5H3;5,8,10,12-13H,7H2,1-4H3,(H2,15,16,17);1H4;;;/q3*-1;;;;/t13?,15-,17-,18-;11?,13-,15-,16-;8?,10-,12-,13-;;;;/m111..../s1. The van der Waals surface area contributed by atoms with E-state index in [9.17, 15) is 9.59 Å². The van der Waals surface area contributed by atoms with Gasteiger partial charge in [-0.05, 0) is 37.0 Å². The summed E-state index contributed by atoms with van der Waals surface area (Å²) < 4.78 is 52.4. The Morgan fingerprint density at radius 2 is 1.08 bits per heavy atom. The summed E-state index contributed by atoms with van der Waals surface area (Å²) in [6, 6.07) is 14.5. The number of ether oxygens (including phenoxy) is 9. The molecule has 0 aliphatic carbocycles. The maximum atomic E-state index is 12.7. The maximum absolute atomic E-state index is 12.7. The fourth-order valence-corrected chi connectivity index (χ4v) is 9.21. The molecular formula is C51H84N7O11W3-3. The molecule has 3 aromatic rings. The van der Waals surface area contributed by atoms with Gasteiger partial charge in [0.1, 0.15) is 18.3 Å². The van der Waals surface area contributed by atoms with Crippen molar-refractivity contribution >= 4 is 17.5 Å². The Bertz CT molecular complexity index is 2150. The normalized spacial score (nSPS) is 26.3. The maximum Gasteiger partial charge on any atom is 0.174 e. The summed E-state index contributed by atoms with van der Waals surface area (Å²) in [7, 11) is 13.5. The van der Waals surface area contributed by atoms with Gasteiger partial charge >= 0.3 is 0 Å². The number of hydrogen-bond acceptors (Lipinski definition) is 15. The molecule has 3 aliphatic heterocycles. The number of nitrogens with zero attached hydrogens (tertiary/aromatic N) is 2. The quantitative estimate of drug-likeness (QED) is 0.0777. The summed E-state index contributed by atoms with van der Waals surface area (Å²) in [6.07, 6.45) is 1.96. The zero-order valence-electron chi connectivity index (χ0n) is 44.1. The molecule has 3 unspecified atom stereocenters. The van der Waals surface area contributed by atoms with Crippen LogP contribution in [-0.4, -0.2) is 140 Å². The smallest absolute Gasteiger partial charge is 0.174 e. The van der Waals surface area contributed by atoms with E-state index in [1.165, 1.54) is 0 Å². The van der Waals surface area contributed by atoms with Crippen molar-refractivity contribution in [3.8, 4) is 0 Å². The van der Waals surface area contributed by atoms with Crippen LogP contribution in [0.3, 0.4) is 0 Å². The summed E-state index contributed by atoms with van der Waals surface area (Å²) >= 11 is 0. The van der Waals surface area contributed by atoms with Crippen molar-refractivity contribution in [1.82, 2.24) is 14.5 Å². The molecule has 0 bridgehead atoms. The van der Waals surface area contributed by atoms with Gasteiger partial charge in [0.2, 0.25) is 0 Å². The Morgan fingerprint density at radius 1 is 0.639 bits per heavy atom. The van der Waals surface area contributed by atoms with Gasteiger partial charge in [-0.15, -0.1) is 16.7 Å². The van der Waals surface area contributed by atoms with Gasteiger partial charge in [-0.3, -0.25) is 14.6 Å². The van der Waals surface area contributed by atoms with Crippen LogP contribution < -0.4 is 32.6 Å². The average molecular weight is 1520 g/mol. The molecule has 6 rings (SSSR count). The van der Waals surface area contributed by atoms with E-state index in [2.05, 4.69) is 78.7 Å². The van der Waals surface area contributed by atoms with Crippen molar-refractivity contribution < 1.29 is 106 Å². The molecule has 3 aliphatic rings. The second-order valence-corrected chi connectivity index (χ2v) is 17.4. The Morgan fingerprint density at radius 3 is 1.53 bits per heavy atom. The summed E-state index contributed by atoms with van der Waals surface area (Å²) in [5.74, 6) is 2.63. The first kappa shape index (κ1) is 70.0. The fourth-order valence-electron chi connectivity index (χ4n) is 9.21. The topological polar surface area (TPSA) is 202 Å². The minimum Gasteiger partial charge on any atom is -0.389 e. The van der Waals surface area contributed by atoms with E-state index >= 15 is 0 Å². The van der Waals surface area contributed by atoms with Gasteiger partial charge in [0.25, 0.3) is 0 Å². The number of nitrogens with one attached hydrogen (secondary N) is 5. The molecule has 0 saturated carbocycles. The molecule has 72 heavy (non-hydrogen) atoms. The summed E-state index contributed by atoms with van der Waals surface area (Å²) in [4.78, 5) is 34.9. The molecule has 0 spiro atoms. The first-order valence-corrected chi connectivity index (χ1v) is 23.9. The third-order valence-electron chi connectivity index (χ3n) is 12.6. The molecule has 18 nitrogen and oxygen atoms in total. The molecule has 3 aromatic heterocycles. The van der Waals surface area contributed by atoms with Crippen LogP contribution in [0.4, 0.5) is 17.5 Å². The number of hydrogen-bond donors (Lipinski definition) is 5. The molecule has 3 fully saturated rings. The predicted octanol–water partition coefficient (Wildman–Crippen LogP) is 6.01. The van der Waals surface area contributed by atoms with Crippen molar-refractivity contribution in [3.63, 3.8) is 0 Å². The Kier molecular flexibility index (Phi) is 35.0. The van der Waals surface area contributed by atoms with Gasteiger partial charge in [-0.1, -0.05) is 49.0 Å². The van der Waals surface area contributed by atoms with Crippen molar-refractivity contribution in [2.45, 2.75) is 123 Å². The number of rotatable bonds is 21. The zero-order valence-corrected chi connectivity index (χ0v) is 52.9. The number of H-pyrrole nitrogens is 2. The van der Waals surface area contributed by atoms with Crippen molar-refractivity contribution in [2.24, 2.45) is 29.8 Å². The summed E-state index contributed by atoms with van der Waals surface area (Å²) in [5, 5.41) is 9.52. The van der Waals surface area contributed by atoms with Gasteiger partial charge in [-0.25, -0.2) is 30.3 Å². The zero-order chi connectivity index (χ0) is 49.9. The van der Waals surface area contributed by atoms with Gasteiger partial charge in [-0.2, -0.15) is 6.07 Å². The largest absolute Gasteiger partial charge is 0.389 e. The first-order chi connectivity index (χ1) is 32.8. The Hall–Kier alpha value is -2.05. The van der Waals surface area contributed by atoms with E-state index in [0.29, 0.717) is 37.0 Å². The number of aromatic nitrogens is 3. The monoisotopic (exact) mass is 1520 g/mol. The molecule has 5 N–H and O–H groups in total. The third kappa shape index (κ3) is 18.0. The molecule has 21 heteroatoms. The van der Waals surface area contributed by atoms with E-state index in [4.69, 9.17) is 47.6 Å². The van der Waals surface area contributed by atoms with E-state index in [-0.39, 0.29) is 154 Å². The molecule has 0 radical (unpaired) electrons. The number of pyridine rings is 3. The van der Waals surface area contributed by atoms with Gasteiger partial charge in [0.05, 0.1) is 38.1 Å². The van der Waals surface area contributed by atoms with Crippen LogP contribution in [0.15, 0.2) is 32.8 Å². The summed E-state index contributed by atoms with van der Waals surface area (Å²) in [6.45, 7) is 16.5. The SMILES string of the molecule is C.CCCN=c1[nH]c(NCCC)[c-]cc1[C@@H]1O[C@H](COC)[C@H](OC)C1C.CCCNc1[c-]cc([C@@H]2O[C@H](COC)[C@H](OC)C2C)c(=O)n1C.CNc1[nH]c(=O)[c-]cc1[C@@H]1O[C@H](COC)[C@H](OC)C1C.[W].[W].[W]. The summed E-state index contributed by atoms with van der Waals surface area (Å²) in [5.41, 5.74) is 3.06. The van der Waals surface area contributed by atoms with E-state index in [0.717, 1.165) is 61.3 Å². The second kappa shape index (κ2) is 36.1. The molecule has 0 aromatic carbocycles. The van der Waals surface area contributed by atoms with Gasteiger partial charge < -0.3 is 73.1 Å². The van der Waals surface area contributed by atoms with Crippen LogP contribution in [0.5, 0.6) is 0 Å². The molecule has 12 atom stereocenters. The van der Waals surface area contributed by atoms with Crippen LogP contribution in [0.1, 0.15) is 103 Å². The van der Waals surface area contributed by atoms with Gasteiger partial charge in [0, 0.05) is 181 Å². The van der Waals surface area contributed by atoms with E-state index in [1.54, 1.807) is 73.5 Å². The number of aromatic amines is 2. The van der Waals surface area contributed by atoms with Crippen molar-refractivity contribution in [3.05, 3.63) is 79.3 Å². The van der Waals surface area contributed by atoms with Crippen LogP contribution in [0, 0.1) is 36.0 Å². The molecule has 6 heterocycles. The molecule has 0 amide bonds. The fraction of sp³-hybridized carbons (Fsp3) is 0.706. The minimum absolute atomic E-state index is 0. The van der Waals surface area contributed by atoms with Gasteiger partial charge in [0.15, 0.2) is 11.1 Å². The third-order valence-corrected chi connectivity index (χ3v) is 12.6. The molecular weight excluding hydrogens is 1440 g/mol. The Labute approximate surface area is 472 Å². The van der Waals surface area contributed by atoms with Crippen molar-refractivity contribution in [1.29, 1.82) is 0 Å². The second-order valence-electron chi connectivity index (χ2n) is 17.4. The Balaban J connectivity index is 0.00000103. The number of methoxy groups -OCH3 is 6. The average Bonchev–Trinajstić information content (AvgIpc) is 3.95. The van der Waals surface area contributed by atoms with E-state index < -0.39 is 0 Å². The van der Waals surface area contributed by atoms with Crippen LogP contribution in [0.2, 0.25) is 0 Å². The van der Waals surface area contributed by atoms with Crippen molar-refractivity contribution in [2.75, 3.05) is 105 Å². The van der Waals surface area contributed by atoms with Crippen LogP contribution in [-0.2, 0) is 113 Å². The van der Waals surface area contributed by atoms with Crippen LogP contribution >= 0.6 is 0 Å². The first-order valence-electron chi connectivity index (χ1n) is 23.9. The molecule has 410 valence electrons.